The molecule has 1 aromatic rings. The molecule has 1 aromatic carbocycles. The van der Waals surface area contributed by atoms with Crippen LogP contribution in [0.1, 0.15) is 38.3 Å². The first kappa shape index (κ1) is 15.3. The largest absolute Gasteiger partial charge is 0.483 e. The van der Waals surface area contributed by atoms with E-state index in [-0.39, 0.29) is 18.6 Å². The Morgan fingerprint density at radius 1 is 1.55 bits per heavy atom. The third-order valence-electron chi connectivity index (χ3n) is 3.47. The van der Waals surface area contributed by atoms with Crippen LogP contribution in [0.15, 0.2) is 22.7 Å². The first-order chi connectivity index (χ1) is 9.52. The molecule has 5 heteroatoms. The molecule has 1 aliphatic rings. The predicted octanol–water partition coefficient (Wildman–Crippen LogP) is 2.86. The number of amides is 1. The summed E-state index contributed by atoms with van der Waals surface area (Å²) < 4.78 is 6.62. The molecule has 0 unspecified atom stereocenters. The van der Waals surface area contributed by atoms with Gasteiger partial charge in [-0.25, -0.2) is 0 Å². The first-order valence-corrected chi connectivity index (χ1v) is 7.79. The van der Waals surface area contributed by atoms with E-state index in [9.17, 15) is 4.79 Å². The topological polar surface area (TPSA) is 55.6 Å². The van der Waals surface area contributed by atoms with Crippen molar-refractivity contribution in [3.63, 3.8) is 0 Å². The summed E-state index contributed by atoms with van der Waals surface area (Å²) in [6.07, 6.45) is 2.23. The Morgan fingerprint density at radius 3 is 2.80 bits per heavy atom. The van der Waals surface area contributed by atoms with Crippen LogP contribution >= 0.6 is 15.9 Å². The molecule has 0 radical (unpaired) electrons. The number of rotatable bonds is 6. The lowest BCUT2D eigenvalue weighted by molar-refractivity contribution is -0.133. The lowest BCUT2D eigenvalue weighted by Gasteiger charge is -2.21. The van der Waals surface area contributed by atoms with E-state index in [2.05, 4.69) is 15.9 Å². The Bertz CT molecular complexity index is 487. The van der Waals surface area contributed by atoms with Gasteiger partial charge in [0.2, 0.25) is 0 Å². The minimum atomic E-state index is -0.126. The third kappa shape index (κ3) is 3.73. The molecular weight excluding hydrogens is 320 g/mol. The van der Waals surface area contributed by atoms with Crippen LogP contribution in [0.4, 0.5) is 0 Å². The summed E-state index contributed by atoms with van der Waals surface area (Å²) in [6.45, 7) is 4.72. The Morgan fingerprint density at radius 2 is 2.25 bits per heavy atom. The van der Waals surface area contributed by atoms with Crippen LogP contribution in [0.25, 0.3) is 0 Å². The molecule has 0 aliphatic heterocycles. The highest BCUT2D eigenvalue weighted by Gasteiger charge is 2.31. The van der Waals surface area contributed by atoms with Crippen molar-refractivity contribution in [2.24, 2.45) is 5.73 Å². The normalized spacial score (nSPS) is 15.8. The summed E-state index contributed by atoms with van der Waals surface area (Å²) in [6, 6.07) is 6.01. The van der Waals surface area contributed by atoms with Gasteiger partial charge in [-0.2, -0.15) is 0 Å². The molecule has 0 aromatic heterocycles. The van der Waals surface area contributed by atoms with Gasteiger partial charge in [-0.15, -0.1) is 0 Å². The van der Waals surface area contributed by atoms with E-state index in [1.807, 2.05) is 36.9 Å². The van der Waals surface area contributed by atoms with Crippen molar-refractivity contribution in [3.05, 3.63) is 28.2 Å². The highest BCUT2D eigenvalue weighted by atomic mass is 79.9. The molecule has 1 fully saturated rings. The van der Waals surface area contributed by atoms with Crippen LogP contribution in [-0.2, 0) is 4.79 Å². The van der Waals surface area contributed by atoms with E-state index in [0.717, 1.165) is 29.4 Å². The first-order valence-electron chi connectivity index (χ1n) is 7.00. The number of carbonyl (C=O) groups is 1. The molecule has 4 nitrogen and oxygen atoms in total. The van der Waals surface area contributed by atoms with Crippen molar-refractivity contribution in [1.29, 1.82) is 0 Å². The molecule has 20 heavy (non-hydrogen) atoms. The SMILES string of the molecule is CCN(C(=O)COc1cc(Br)ccc1[C@@H](C)N)C1CC1. The zero-order chi connectivity index (χ0) is 14.7. The second-order valence-electron chi connectivity index (χ2n) is 5.17. The van der Waals surface area contributed by atoms with Crippen LogP contribution in [0.2, 0.25) is 0 Å². The number of hydrogen-bond donors (Lipinski definition) is 1. The van der Waals surface area contributed by atoms with Gasteiger partial charge >= 0.3 is 0 Å². The quantitative estimate of drug-likeness (QED) is 0.866. The fourth-order valence-corrected chi connectivity index (χ4v) is 2.60. The summed E-state index contributed by atoms with van der Waals surface area (Å²) in [5, 5.41) is 0. The molecular formula is C15H21BrN2O2. The van der Waals surface area contributed by atoms with Gasteiger partial charge in [-0.05, 0) is 38.8 Å². The second kappa shape index (κ2) is 6.59. The maximum absolute atomic E-state index is 12.2. The van der Waals surface area contributed by atoms with Gasteiger partial charge in [0.05, 0.1) is 0 Å². The van der Waals surface area contributed by atoms with Gasteiger partial charge in [0.15, 0.2) is 6.61 Å². The van der Waals surface area contributed by atoms with E-state index in [1.165, 1.54) is 0 Å². The zero-order valence-corrected chi connectivity index (χ0v) is 13.5. The molecule has 2 N–H and O–H groups in total. The molecule has 2 rings (SSSR count). The summed E-state index contributed by atoms with van der Waals surface area (Å²) >= 11 is 3.41. The number of benzene rings is 1. The molecule has 1 aliphatic carbocycles. The lowest BCUT2D eigenvalue weighted by Crippen LogP contribution is -2.36. The average Bonchev–Trinajstić information content (AvgIpc) is 3.21. The Hall–Kier alpha value is -1.07. The monoisotopic (exact) mass is 340 g/mol. The average molecular weight is 341 g/mol. The molecule has 110 valence electrons. The van der Waals surface area contributed by atoms with Gasteiger partial charge in [0, 0.05) is 28.7 Å². The minimum absolute atomic E-state index is 0.0469. The maximum Gasteiger partial charge on any atom is 0.260 e. The molecule has 0 bridgehead atoms. The van der Waals surface area contributed by atoms with Crippen molar-refractivity contribution in [2.75, 3.05) is 13.2 Å². The standard InChI is InChI=1S/C15H21BrN2O2/c1-3-18(12-5-6-12)15(19)9-20-14-8-11(16)4-7-13(14)10(2)17/h4,7-8,10,12H,3,5-6,9,17H2,1-2H3/t10-/m1/s1. The summed E-state index contributed by atoms with van der Waals surface area (Å²) in [5.74, 6) is 0.722. The van der Waals surface area contributed by atoms with Gasteiger partial charge in [-0.1, -0.05) is 22.0 Å². The molecule has 1 amide bonds. The van der Waals surface area contributed by atoms with Crippen molar-refractivity contribution < 1.29 is 9.53 Å². The molecule has 1 saturated carbocycles. The maximum atomic E-state index is 12.2. The molecule has 0 heterocycles. The van der Waals surface area contributed by atoms with Gasteiger partial charge < -0.3 is 15.4 Å². The van der Waals surface area contributed by atoms with E-state index in [1.54, 1.807) is 0 Å². The number of carbonyl (C=O) groups excluding carboxylic acids is 1. The van der Waals surface area contributed by atoms with Crippen LogP contribution in [0.3, 0.4) is 0 Å². The fraction of sp³-hybridized carbons (Fsp3) is 0.533. The molecule has 0 spiro atoms. The van der Waals surface area contributed by atoms with Crippen molar-refractivity contribution in [3.8, 4) is 5.75 Å². The number of halogens is 1. The molecule has 0 saturated heterocycles. The van der Waals surface area contributed by atoms with Gasteiger partial charge in [0.25, 0.3) is 5.91 Å². The lowest BCUT2D eigenvalue weighted by atomic mass is 10.1. The summed E-state index contributed by atoms with van der Waals surface area (Å²) in [4.78, 5) is 14.0. The van der Waals surface area contributed by atoms with Gasteiger partial charge in [-0.3, -0.25) is 4.79 Å². The Kier molecular flexibility index (Phi) is 5.05. The predicted molar refractivity (Wildman–Crippen MR) is 82.6 cm³/mol. The number of ether oxygens (including phenoxy) is 1. The summed E-state index contributed by atoms with van der Waals surface area (Å²) in [7, 11) is 0. The Labute approximate surface area is 128 Å². The smallest absolute Gasteiger partial charge is 0.260 e. The van der Waals surface area contributed by atoms with Crippen molar-refractivity contribution in [1.82, 2.24) is 4.90 Å². The highest BCUT2D eigenvalue weighted by molar-refractivity contribution is 9.10. The van der Waals surface area contributed by atoms with E-state index >= 15 is 0 Å². The second-order valence-corrected chi connectivity index (χ2v) is 6.09. The number of likely N-dealkylation sites (N-methyl/N-ethyl adjacent to an activating group) is 1. The number of nitrogens with two attached hydrogens (primary N) is 1. The highest BCUT2D eigenvalue weighted by Crippen LogP contribution is 2.29. The van der Waals surface area contributed by atoms with E-state index in [0.29, 0.717) is 11.8 Å². The Balaban J connectivity index is 2.02. The van der Waals surface area contributed by atoms with Crippen molar-refractivity contribution >= 4 is 21.8 Å². The van der Waals surface area contributed by atoms with E-state index < -0.39 is 0 Å². The zero-order valence-electron chi connectivity index (χ0n) is 11.9. The van der Waals surface area contributed by atoms with E-state index in [4.69, 9.17) is 10.5 Å². The third-order valence-corrected chi connectivity index (χ3v) is 3.96. The van der Waals surface area contributed by atoms with Gasteiger partial charge in [0.1, 0.15) is 5.75 Å². The minimum Gasteiger partial charge on any atom is -0.483 e. The van der Waals surface area contributed by atoms with Crippen LogP contribution in [0, 0.1) is 0 Å². The van der Waals surface area contributed by atoms with Crippen LogP contribution in [0.5, 0.6) is 5.75 Å². The van der Waals surface area contributed by atoms with Crippen LogP contribution in [-0.4, -0.2) is 30.0 Å². The number of hydrogen-bond acceptors (Lipinski definition) is 3. The summed E-state index contributed by atoms with van der Waals surface area (Å²) in [5.41, 5.74) is 6.84. The van der Waals surface area contributed by atoms with Crippen molar-refractivity contribution in [2.45, 2.75) is 38.8 Å². The van der Waals surface area contributed by atoms with Crippen LogP contribution < -0.4 is 10.5 Å². The number of nitrogens with zero attached hydrogens (tertiary/aromatic N) is 1. The molecule has 1 atom stereocenters. The fourth-order valence-electron chi connectivity index (χ4n) is 2.26.